The second-order valence-electron chi connectivity index (χ2n) is 3.45. The zero-order valence-electron chi connectivity index (χ0n) is 8.05. The lowest BCUT2D eigenvalue weighted by atomic mass is 10.0. The van der Waals surface area contributed by atoms with Crippen molar-refractivity contribution in [3.8, 4) is 0 Å². The molecular weight excluding hydrogens is 173 g/mol. The molecule has 1 unspecified atom stereocenters. The highest BCUT2D eigenvalue weighted by Gasteiger charge is 2.25. The fourth-order valence-corrected chi connectivity index (χ4v) is 0.854. The zero-order chi connectivity index (χ0) is 10.5. The lowest BCUT2D eigenvalue weighted by Crippen LogP contribution is -2.37. The van der Waals surface area contributed by atoms with Gasteiger partial charge in [-0.05, 0) is 13.8 Å². The number of carbonyl (C=O) groups is 1. The summed E-state index contributed by atoms with van der Waals surface area (Å²) < 4.78 is 17.7. The standard InChI is InChI=1S/C9H16FNO2/c1-4-5-13-8(12)7(11)6-9(2,3)10/h4,7H,1,5-6,11H2,2-3H3. The molecule has 76 valence electrons. The highest BCUT2D eigenvalue weighted by molar-refractivity contribution is 5.75. The smallest absolute Gasteiger partial charge is 0.323 e. The number of carbonyl (C=O) groups excluding carboxylic acids is 1. The van der Waals surface area contributed by atoms with Crippen molar-refractivity contribution in [3.63, 3.8) is 0 Å². The average molecular weight is 189 g/mol. The van der Waals surface area contributed by atoms with Crippen molar-refractivity contribution in [1.82, 2.24) is 0 Å². The van der Waals surface area contributed by atoms with Crippen LogP contribution in [0.4, 0.5) is 4.39 Å². The normalized spacial score (nSPS) is 13.5. The number of hydrogen-bond acceptors (Lipinski definition) is 3. The fourth-order valence-electron chi connectivity index (χ4n) is 0.854. The van der Waals surface area contributed by atoms with E-state index in [1.54, 1.807) is 0 Å². The molecule has 2 N–H and O–H groups in total. The van der Waals surface area contributed by atoms with E-state index in [9.17, 15) is 9.18 Å². The molecule has 13 heavy (non-hydrogen) atoms. The molecule has 0 aliphatic heterocycles. The van der Waals surface area contributed by atoms with Gasteiger partial charge in [-0.25, -0.2) is 4.39 Å². The quantitative estimate of drug-likeness (QED) is 0.522. The van der Waals surface area contributed by atoms with E-state index < -0.39 is 17.7 Å². The minimum absolute atomic E-state index is 0.0387. The van der Waals surface area contributed by atoms with Crippen molar-refractivity contribution < 1.29 is 13.9 Å². The summed E-state index contributed by atoms with van der Waals surface area (Å²) in [6.45, 7) is 6.22. The van der Waals surface area contributed by atoms with Gasteiger partial charge in [-0.1, -0.05) is 12.7 Å². The van der Waals surface area contributed by atoms with Crippen molar-refractivity contribution in [2.45, 2.75) is 32.0 Å². The van der Waals surface area contributed by atoms with Crippen molar-refractivity contribution >= 4 is 5.97 Å². The number of ether oxygens (including phenoxy) is 1. The summed E-state index contributed by atoms with van der Waals surface area (Å²) in [6, 6.07) is -0.903. The maximum atomic E-state index is 13.0. The molecule has 0 amide bonds. The van der Waals surface area contributed by atoms with Gasteiger partial charge in [-0.2, -0.15) is 0 Å². The van der Waals surface area contributed by atoms with Gasteiger partial charge in [0.15, 0.2) is 0 Å². The maximum Gasteiger partial charge on any atom is 0.323 e. The highest BCUT2D eigenvalue weighted by atomic mass is 19.1. The summed E-state index contributed by atoms with van der Waals surface area (Å²) in [7, 11) is 0. The fraction of sp³-hybridized carbons (Fsp3) is 0.667. The number of rotatable bonds is 5. The molecule has 0 aliphatic rings. The van der Waals surface area contributed by atoms with Crippen molar-refractivity contribution in [2.75, 3.05) is 6.61 Å². The molecule has 0 aliphatic carbocycles. The van der Waals surface area contributed by atoms with Gasteiger partial charge in [0, 0.05) is 6.42 Å². The second kappa shape index (κ2) is 4.97. The zero-order valence-corrected chi connectivity index (χ0v) is 8.05. The number of hydrogen-bond donors (Lipinski definition) is 1. The molecule has 0 fully saturated rings. The Morgan fingerprint density at radius 3 is 2.69 bits per heavy atom. The van der Waals surface area contributed by atoms with Crippen molar-refractivity contribution in [1.29, 1.82) is 0 Å². The van der Waals surface area contributed by atoms with E-state index in [4.69, 9.17) is 5.73 Å². The highest BCUT2D eigenvalue weighted by Crippen LogP contribution is 2.15. The Hall–Kier alpha value is -0.900. The van der Waals surface area contributed by atoms with Crippen LogP contribution in [0.5, 0.6) is 0 Å². The first-order valence-electron chi connectivity index (χ1n) is 4.09. The SMILES string of the molecule is C=CCOC(=O)C(N)CC(C)(C)F. The van der Waals surface area contributed by atoms with Crippen LogP contribution in [0.3, 0.4) is 0 Å². The van der Waals surface area contributed by atoms with Crippen LogP contribution >= 0.6 is 0 Å². The van der Waals surface area contributed by atoms with E-state index in [1.165, 1.54) is 19.9 Å². The molecule has 0 aromatic heterocycles. The molecule has 0 rings (SSSR count). The largest absolute Gasteiger partial charge is 0.460 e. The minimum Gasteiger partial charge on any atom is -0.460 e. The van der Waals surface area contributed by atoms with E-state index in [2.05, 4.69) is 11.3 Å². The summed E-state index contributed by atoms with van der Waals surface area (Å²) in [5, 5.41) is 0. The summed E-state index contributed by atoms with van der Waals surface area (Å²) in [5.41, 5.74) is 3.94. The van der Waals surface area contributed by atoms with E-state index in [-0.39, 0.29) is 13.0 Å². The molecule has 4 heteroatoms. The van der Waals surface area contributed by atoms with Crippen LogP contribution in [0.1, 0.15) is 20.3 Å². The summed E-state index contributed by atoms with van der Waals surface area (Å²) in [6.07, 6.45) is 1.40. The first-order chi connectivity index (χ1) is 5.87. The van der Waals surface area contributed by atoms with Gasteiger partial charge in [-0.15, -0.1) is 0 Å². The average Bonchev–Trinajstić information content (AvgIpc) is 1.96. The van der Waals surface area contributed by atoms with E-state index in [1.807, 2.05) is 0 Å². The van der Waals surface area contributed by atoms with E-state index in [0.717, 1.165) is 0 Å². The van der Waals surface area contributed by atoms with Crippen LogP contribution in [0.25, 0.3) is 0 Å². The van der Waals surface area contributed by atoms with Crippen LogP contribution < -0.4 is 5.73 Å². The Morgan fingerprint density at radius 2 is 2.31 bits per heavy atom. The van der Waals surface area contributed by atoms with Crippen LogP contribution in [0, 0.1) is 0 Å². The topological polar surface area (TPSA) is 52.3 Å². The molecule has 0 bridgehead atoms. The van der Waals surface area contributed by atoms with Gasteiger partial charge in [0.1, 0.15) is 18.3 Å². The molecule has 0 radical (unpaired) electrons. The predicted molar refractivity (Wildman–Crippen MR) is 48.9 cm³/mol. The molecule has 1 atom stereocenters. The number of nitrogens with two attached hydrogens (primary N) is 1. The van der Waals surface area contributed by atoms with Gasteiger partial charge in [0.25, 0.3) is 0 Å². The molecule has 0 aromatic carbocycles. The number of esters is 1. The van der Waals surface area contributed by atoms with Crippen LogP contribution in [-0.2, 0) is 9.53 Å². The summed E-state index contributed by atoms with van der Waals surface area (Å²) in [5.74, 6) is -0.592. The minimum atomic E-state index is -1.45. The monoisotopic (exact) mass is 189 g/mol. The van der Waals surface area contributed by atoms with Gasteiger partial charge in [0.2, 0.25) is 0 Å². The van der Waals surface area contributed by atoms with Crippen molar-refractivity contribution in [2.24, 2.45) is 5.73 Å². The third kappa shape index (κ3) is 6.28. The Labute approximate surface area is 77.7 Å². The maximum absolute atomic E-state index is 13.0. The third-order valence-corrected chi connectivity index (χ3v) is 1.35. The molecule has 3 nitrogen and oxygen atoms in total. The Bertz CT molecular complexity index is 187. The Balaban J connectivity index is 3.89. The lowest BCUT2D eigenvalue weighted by Gasteiger charge is -2.18. The molecule has 0 aromatic rings. The molecule has 0 saturated carbocycles. The number of halogens is 1. The molecular formula is C9H16FNO2. The summed E-state index contributed by atoms with van der Waals surface area (Å²) in [4.78, 5) is 11.0. The van der Waals surface area contributed by atoms with Gasteiger partial charge < -0.3 is 10.5 Å². The molecule has 0 heterocycles. The first-order valence-corrected chi connectivity index (χ1v) is 4.09. The Morgan fingerprint density at radius 1 is 1.77 bits per heavy atom. The third-order valence-electron chi connectivity index (χ3n) is 1.35. The number of alkyl halides is 1. The van der Waals surface area contributed by atoms with Crippen LogP contribution in [-0.4, -0.2) is 24.3 Å². The van der Waals surface area contributed by atoms with Gasteiger partial charge >= 0.3 is 5.97 Å². The van der Waals surface area contributed by atoms with Gasteiger partial charge in [0.05, 0.1) is 0 Å². The van der Waals surface area contributed by atoms with Crippen molar-refractivity contribution in [3.05, 3.63) is 12.7 Å². The second-order valence-corrected chi connectivity index (χ2v) is 3.45. The molecule has 0 saturated heterocycles. The summed E-state index contributed by atoms with van der Waals surface area (Å²) >= 11 is 0. The van der Waals surface area contributed by atoms with Crippen LogP contribution in [0.15, 0.2) is 12.7 Å². The lowest BCUT2D eigenvalue weighted by molar-refractivity contribution is -0.144. The Kier molecular flexibility index (Phi) is 4.62. The predicted octanol–water partition coefficient (Wildman–Crippen LogP) is 1.18. The van der Waals surface area contributed by atoms with Gasteiger partial charge in [-0.3, -0.25) is 4.79 Å². The molecule has 0 spiro atoms. The first kappa shape index (κ1) is 12.1. The van der Waals surface area contributed by atoms with E-state index in [0.29, 0.717) is 0 Å². The van der Waals surface area contributed by atoms with E-state index >= 15 is 0 Å². The van der Waals surface area contributed by atoms with Crippen LogP contribution in [0.2, 0.25) is 0 Å².